The molecule has 1 aliphatic heterocycles. The molecule has 0 radical (unpaired) electrons. The summed E-state index contributed by atoms with van der Waals surface area (Å²) in [7, 11) is 0. The van der Waals surface area contributed by atoms with Crippen LogP contribution in [0.15, 0.2) is 47.4 Å². The van der Waals surface area contributed by atoms with Crippen molar-refractivity contribution in [2.75, 3.05) is 6.61 Å². The lowest BCUT2D eigenvalue weighted by molar-refractivity contribution is -0.290. The first-order chi connectivity index (χ1) is 14.2. The van der Waals surface area contributed by atoms with Crippen molar-refractivity contribution in [2.45, 2.75) is 49.7 Å². The lowest BCUT2D eigenvalue weighted by Crippen LogP contribution is -2.59. The first-order valence-electron chi connectivity index (χ1n) is 9.34. The fourth-order valence-electron chi connectivity index (χ4n) is 3.31. The van der Waals surface area contributed by atoms with Crippen LogP contribution >= 0.6 is 0 Å². The van der Waals surface area contributed by atoms with Crippen molar-refractivity contribution < 1.29 is 50.0 Å². The predicted molar refractivity (Wildman–Crippen MR) is 100 cm³/mol. The molecule has 10 heteroatoms. The third kappa shape index (κ3) is 4.48. The van der Waals surface area contributed by atoms with E-state index < -0.39 is 49.2 Å². The van der Waals surface area contributed by atoms with Gasteiger partial charge in [-0.1, -0.05) is 12.1 Å². The molecule has 1 saturated heterocycles. The van der Waals surface area contributed by atoms with Gasteiger partial charge in [0.05, 0.1) is 12.2 Å². The van der Waals surface area contributed by atoms with Gasteiger partial charge in [0.15, 0.2) is 5.78 Å². The minimum Gasteiger partial charge on any atom is -0.512 e. The van der Waals surface area contributed by atoms with Gasteiger partial charge in [-0.25, -0.2) is 0 Å². The Kier molecular flexibility index (Phi) is 6.76. The number of carbonyl (C=O) groups excluding carboxylic acids is 1. The molecule has 6 atom stereocenters. The highest BCUT2D eigenvalue weighted by atomic mass is 16.7. The van der Waals surface area contributed by atoms with Crippen LogP contribution in [0, 0.1) is 0 Å². The van der Waals surface area contributed by atoms with Crippen LogP contribution in [-0.2, 0) is 20.7 Å². The van der Waals surface area contributed by atoms with Gasteiger partial charge in [0, 0.05) is 12.5 Å². The molecule has 1 heterocycles. The molecule has 3 unspecified atom stereocenters. The minimum atomic E-state index is -1.71. The van der Waals surface area contributed by atoms with E-state index in [0.29, 0.717) is 6.42 Å². The van der Waals surface area contributed by atoms with Crippen molar-refractivity contribution in [2.24, 2.45) is 0 Å². The smallest absolute Gasteiger partial charge is 0.229 e. The first-order valence-corrected chi connectivity index (χ1v) is 9.34. The largest absolute Gasteiger partial charge is 0.512 e. The summed E-state index contributed by atoms with van der Waals surface area (Å²) in [6.07, 6.45) is -8.12. The minimum absolute atomic E-state index is 0.0415. The van der Waals surface area contributed by atoms with Gasteiger partial charge in [-0.3, -0.25) is 4.79 Å². The van der Waals surface area contributed by atoms with Crippen molar-refractivity contribution in [3.63, 3.8) is 0 Å². The third-order valence-corrected chi connectivity index (χ3v) is 5.07. The zero-order chi connectivity index (χ0) is 22.0. The molecule has 3 rings (SSSR count). The fraction of sp³-hybridized carbons (Fsp3) is 0.450. The number of hydrogen-bond acceptors (Lipinski definition) is 10. The lowest BCUT2D eigenvalue weighted by atomic mass is 9.99. The molecule has 1 aromatic rings. The summed E-state index contributed by atoms with van der Waals surface area (Å²) in [6, 6.07) is 6.29. The maximum Gasteiger partial charge on any atom is 0.229 e. The van der Waals surface area contributed by atoms with E-state index in [1.165, 1.54) is 12.1 Å². The summed E-state index contributed by atoms with van der Waals surface area (Å²) < 4.78 is 10.7. The van der Waals surface area contributed by atoms with Crippen LogP contribution in [0.2, 0.25) is 0 Å². The van der Waals surface area contributed by atoms with Gasteiger partial charge >= 0.3 is 0 Å². The molecule has 1 fully saturated rings. The van der Waals surface area contributed by atoms with E-state index in [1.807, 2.05) is 0 Å². The maximum absolute atomic E-state index is 12.0. The van der Waals surface area contributed by atoms with Crippen LogP contribution in [0.1, 0.15) is 12.0 Å². The highest BCUT2D eigenvalue weighted by Crippen LogP contribution is 2.32. The van der Waals surface area contributed by atoms with Crippen molar-refractivity contribution >= 4 is 5.78 Å². The zero-order valence-electron chi connectivity index (χ0n) is 15.8. The SMILES string of the molecule is O=C1C=C(O[C@@H]2OC(CO)[C@@H](O)C(O)[C@@H]2O)C(=C(O)CCc2ccc(O)cc2)C1O. The topological polar surface area (TPSA) is 177 Å². The second-order valence-corrected chi connectivity index (χ2v) is 7.16. The van der Waals surface area contributed by atoms with Crippen molar-refractivity contribution in [1.29, 1.82) is 0 Å². The Morgan fingerprint density at radius 2 is 1.70 bits per heavy atom. The molecule has 1 aromatic carbocycles. The van der Waals surface area contributed by atoms with E-state index in [2.05, 4.69) is 0 Å². The molecule has 0 saturated carbocycles. The number of ether oxygens (including phenoxy) is 2. The Balaban J connectivity index is 1.77. The summed E-state index contributed by atoms with van der Waals surface area (Å²) >= 11 is 0. The van der Waals surface area contributed by atoms with Crippen LogP contribution in [0.5, 0.6) is 5.75 Å². The van der Waals surface area contributed by atoms with E-state index in [1.54, 1.807) is 12.1 Å². The zero-order valence-corrected chi connectivity index (χ0v) is 15.8. The summed E-state index contributed by atoms with van der Waals surface area (Å²) in [4.78, 5) is 12.0. The third-order valence-electron chi connectivity index (χ3n) is 5.07. The Labute approximate surface area is 171 Å². The monoisotopic (exact) mass is 424 g/mol. The highest BCUT2D eigenvalue weighted by Gasteiger charge is 2.46. The number of phenols is 1. The van der Waals surface area contributed by atoms with Crippen LogP contribution in [0.25, 0.3) is 0 Å². The van der Waals surface area contributed by atoms with Gasteiger partial charge < -0.3 is 45.2 Å². The number of benzene rings is 1. The molecule has 10 nitrogen and oxygen atoms in total. The predicted octanol–water partition coefficient (Wildman–Crippen LogP) is -1.22. The number of hydrogen-bond donors (Lipinski definition) is 7. The Morgan fingerprint density at radius 1 is 1.03 bits per heavy atom. The first kappa shape index (κ1) is 22.2. The summed E-state index contributed by atoms with van der Waals surface area (Å²) in [6.45, 7) is -0.661. The number of aromatic hydroxyl groups is 1. The Hall–Kier alpha value is -2.47. The Bertz CT molecular complexity index is 828. The molecule has 0 bridgehead atoms. The maximum atomic E-state index is 12.0. The average molecular weight is 424 g/mol. The molecule has 2 aliphatic rings. The van der Waals surface area contributed by atoms with Gasteiger partial charge in [-0.05, 0) is 24.1 Å². The number of ketones is 1. The number of aryl methyl sites for hydroxylation is 1. The molecule has 0 amide bonds. The van der Waals surface area contributed by atoms with Gasteiger partial charge in [0.2, 0.25) is 6.29 Å². The number of aliphatic hydroxyl groups is 6. The number of rotatable bonds is 6. The molecule has 30 heavy (non-hydrogen) atoms. The van der Waals surface area contributed by atoms with Crippen LogP contribution in [0.3, 0.4) is 0 Å². The number of carbonyl (C=O) groups is 1. The summed E-state index contributed by atoms with van der Waals surface area (Å²) in [5.74, 6) is -1.23. The number of aliphatic hydroxyl groups excluding tert-OH is 6. The van der Waals surface area contributed by atoms with Crippen LogP contribution in [-0.4, -0.2) is 84.9 Å². The molecule has 164 valence electrons. The lowest BCUT2D eigenvalue weighted by Gasteiger charge is -2.39. The van der Waals surface area contributed by atoms with Crippen molar-refractivity contribution in [1.82, 2.24) is 0 Å². The highest BCUT2D eigenvalue weighted by molar-refractivity contribution is 6.01. The standard InChI is InChI=1S/C20H24O10/c21-8-14-17(26)18(27)19(28)20(30-14)29-13-7-12(24)16(25)15(13)11(23)6-3-9-1-4-10(22)5-2-9/h1-2,4-5,7,14,16-23,25-28H,3,6,8H2/t14?,16?,17-,18?,19+,20-/m1/s1. The van der Waals surface area contributed by atoms with E-state index >= 15 is 0 Å². The van der Waals surface area contributed by atoms with Gasteiger partial charge in [0.25, 0.3) is 0 Å². The number of allylic oxidation sites excluding steroid dienone is 1. The van der Waals surface area contributed by atoms with Crippen molar-refractivity contribution in [3.05, 3.63) is 53.0 Å². The summed E-state index contributed by atoms with van der Waals surface area (Å²) in [5.41, 5.74) is 0.592. The second kappa shape index (κ2) is 9.13. The molecular weight excluding hydrogens is 400 g/mol. The van der Waals surface area contributed by atoms with E-state index in [9.17, 15) is 40.5 Å². The summed E-state index contributed by atoms with van der Waals surface area (Å²) in [5, 5.41) is 69.0. The van der Waals surface area contributed by atoms with Gasteiger partial charge in [0.1, 0.15) is 47.8 Å². The molecule has 0 aromatic heterocycles. The fourth-order valence-corrected chi connectivity index (χ4v) is 3.31. The van der Waals surface area contributed by atoms with Gasteiger partial charge in [-0.2, -0.15) is 0 Å². The second-order valence-electron chi connectivity index (χ2n) is 7.16. The van der Waals surface area contributed by atoms with Crippen molar-refractivity contribution in [3.8, 4) is 5.75 Å². The Morgan fingerprint density at radius 3 is 2.33 bits per heavy atom. The van der Waals surface area contributed by atoms with Crippen LogP contribution in [0.4, 0.5) is 0 Å². The molecule has 0 spiro atoms. The number of phenolic OH excluding ortho intramolecular Hbond substituents is 1. The quantitative estimate of drug-likeness (QED) is 0.274. The molecule has 1 aliphatic carbocycles. The molecular formula is C20H24O10. The molecule has 7 N–H and O–H groups in total. The average Bonchev–Trinajstić information content (AvgIpc) is 3.01. The van der Waals surface area contributed by atoms with E-state index in [-0.39, 0.29) is 29.3 Å². The van der Waals surface area contributed by atoms with E-state index in [4.69, 9.17) is 9.47 Å². The van der Waals surface area contributed by atoms with Gasteiger partial charge in [-0.15, -0.1) is 0 Å². The van der Waals surface area contributed by atoms with Crippen LogP contribution < -0.4 is 0 Å². The van der Waals surface area contributed by atoms with E-state index in [0.717, 1.165) is 11.6 Å². The normalized spacial score (nSPS) is 33.4.